The maximum Gasteiger partial charge on any atom is 0.257 e. The molecule has 5 heteroatoms. The SMILES string of the molecule is CN1CCCCCCN[C@H](Cc2ccccc2)COc2ccccc2C1=O.Cl. The second-order valence-corrected chi connectivity index (χ2v) is 7.29. The number of nitrogens with zero attached hydrogens (tertiary/aromatic N) is 1. The number of carbonyl (C=O) groups excluding carboxylic acids is 1. The number of fused-ring (bicyclic) bond motifs is 1. The summed E-state index contributed by atoms with van der Waals surface area (Å²) in [5.74, 6) is 0.710. The van der Waals surface area contributed by atoms with Crippen LogP contribution in [0.25, 0.3) is 0 Å². The Labute approximate surface area is 174 Å². The van der Waals surface area contributed by atoms with Gasteiger partial charge in [-0.2, -0.15) is 0 Å². The van der Waals surface area contributed by atoms with Crippen LogP contribution < -0.4 is 10.1 Å². The van der Waals surface area contributed by atoms with Crippen molar-refractivity contribution in [1.29, 1.82) is 0 Å². The highest BCUT2D eigenvalue weighted by Crippen LogP contribution is 2.21. The molecule has 0 aromatic heterocycles. The van der Waals surface area contributed by atoms with Gasteiger partial charge in [-0.05, 0) is 43.5 Å². The lowest BCUT2D eigenvalue weighted by atomic mass is 10.1. The molecule has 0 unspecified atom stereocenters. The van der Waals surface area contributed by atoms with E-state index in [-0.39, 0.29) is 24.4 Å². The molecule has 2 aromatic carbocycles. The van der Waals surface area contributed by atoms with Gasteiger partial charge >= 0.3 is 0 Å². The molecule has 3 rings (SSSR count). The highest BCUT2D eigenvalue weighted by molar-refractivity contribution is 5.96. The van der Waals surface area contributed by atoms with Crippen molar-refractivity contribution in [2.75, 3.05) is 26.7 Å². The molecule has 0 aliphatic carbocycles. The van der Waals surface area contributed by atoms with E-state index in [2.05, 4.69) is 29.6 Å². The van der Waals surface area contributed by atoms with Gasteiger partial charge in [0.2, 0.25) is 0 Å². The third-order valence-corrected chi connectivity index (χ3v) is 5.08. The summed E-state index contributed by atoms with van der Waals surface area (Å²) in [5.41, 5.74) is 1.94. The smallest absolute Gasteiger partial charge is 0.257 e. The monoisotopic (exact) mass is 402 g/mol. The van der Waals surface area contributed by atoms with Crippen molar-refractivity contribution < 1.29 is 9.53 Å². The second-order valence-electron chi connectivity index (χ2n) is 7.29. The van der Waals surface area contributed by atoms with Gasteiger partial charge in [0, 0.05) is 19.6 Å². The number of para-hydroxylation sites is 1. The summed E-state index contributed by atoms with van der Waals surface area (Å²) in [6, 6.07) is 18.3. The highest BCUT2D eigenvalue weighted by Gasteiger charge is 2.18. The standard InChI is InChI=1S/C23H30N2O2.ClH/c1-25-16-10-3-2-9-15-24-20(17-19-11-5-4-6-12-19)18-27-22-14-8-7-13-21(22)23(25)26;/h4-8,11-14,20,24H,2-3,9-10,15-18H2,1H3;1H/t20-;/m1./s1. The Kier molecular flexibility index (Phi) is 9.32. The summed E-state index contributed by atoms with van der Waals surface area (Å²) in [5, 5.41) is 3.65. The summed E-state index contributed by atoms with van der Waals surface area (Å²) < 4.78 is 6.13. The Morgan fingerprint density at radius 1 is 1.00 bits per heavy atom. The molecule has 0 radical (unpaired) electrons. The molecule has 1 N–H and O–H groups in total. The number of rotatable bonds is 2. The maximum atomic E-state index is 12.8. The average molecular weight is 403 g/mol. The minimum Gasteiger partial charge on any atom is -0.491 e. The quantitative estimate of drug-likeness (QED) is 0.812. The molecule has 0 bridgehead atoms. The Bertz CT molecular complexity index is 724. The third-order valence-electron chi connectivity index (χ3n) is 5.08. The van der Waals surface area contributed by atoms with Crippen LogP contribution in [-0.2, 0) is 6.42 Å². The van der Waals surface area contributed by atoms with Crippen molar-refractivity contribution in [3.05, 3.63) is 65.7 Å². The van der Waals surface area contributed by atoms with Crippen molar-refractivity contribution in [2.45, 2.75) is 38.1 Å². The molecule has 1 heterocycles. The van der Waals surface area contributed by atoms with Gasteiger partial charge in [-0.25, -0.2) is 0 Å². The van der Waals surface area contributed by atoms with E-state index in [4.69, 9.17) is 4.74 Å². The van der Waals surface area contributed by atoms with E-state index < -0.39 is 0 Å². The van der Waals surface area contributed by atoms with E-state index in [1.54, 1.807) is 0 Å². The summed E-state index contributed by atoms with van der Waals surface area (Å²) in [6.07, 6.45) is 5.44. The topological polar surface area (TPSA) is 41.6 Å². The Balaban J connectivity index is 0.00000280. The molecule has 0 saturated heterocycles. The maximum absolute atomic E-state index is 12.8. The molecule has 1 aliphatic heterocycles. The van der Waals surface area contributed by atoms with Crippen LogP contribution in [0.1, 0.15) is 41.6 Å². The summed E-state index contributed by atoms with van der Waals surface area (Å²) in [7, 11) is 1.88. The summed E-state index contributed by atoms with van der Waals surface area (Å²) >= 11 is 0. The van der Waals surface area contributed by atoms with Crippen LogP contribution in [0.2, 0.25) is 0 Å². The molecular formula is C23H31ClN2O2. The highest BCUT2D eigenvalue weighted by atomic mass is 35.5. The van der Waals surface area contributed by atoms with Crippen LogP contribution in [0.3, 0.4) is 0 Å². The zero-order valence-electron chi connectivity index (χ0n) is 16.6. The molecule has 4 nitrogen and oxygen atoms in total. The van der Waals surface area contributed by atoms with Crippen LogP contribution in [0.4, 0.5) is 0 Å². The fraction of sp³-hybridized carbons (Fsp3) is 0.435. The van der Waals surface area contributed by atoms with Crippen molar-refractivity contribution in [2.24, 2.45) is 0 Å². The number of carbonyl (C=O) groups is 1. The first-order valence-electron chi connectivity index (χ1n) is 9.98. The van der Waals surface area contributed by atoms with E-state index in [1.807, 2.05) is 42.3 Å². The van der Waals surface area contributed by atoms with Crippen molar-refractivity contribution >= 4 is 18.3 Å². The lowest BCUT2D eigenvalue weighted by Gasteiger charge is -2.23. The third kappa shape index (κ3) is 6.54. The zero-order valence-corrected chi connectivity index (χ0v) is 17.4. The number of benzene rings is 2. The minimum atomic E-state index is 0. The van der Waals surface area contributed by atoms with Gasteiger partial charge in [0.1, 0.15) is 12.4 Å². The van der Waals surface area contributed by atoms with E-state index in [1.165, 1.54) is 12.0 Å². The second kappa shape index (κ2) is 11.7. The fourth-order valence-electron chi connectivity index (χ4n) is 3.49. The van der Waals surface area contributed by atoms with Gasteiger partial charge in [-0.3, -0.25) is 4.79 Å². The number of halogens is 1. The van der Waals surface area contributed by atoms with Crippen LogP contribution in [0.15, 0.2) is 54.6 Å². The normalized spacial score (nSPS) is 19.0. The summed E-state index contributed by atoms with van der Waals surface area (Å²) in [6.45, 7) is 2.33. The predicted molar refractivity (Wildman–Crippen MR) is 117 cm³/mol. The molecule has 0 spiro atoms. The lowest BCUT2D eigenvalue weighted by Crippen LogP contribution is -2.37. The van der Waals surface area contributed by atoms with Gasteiger partial charge in [0.25, 0.3) is 5.91 Å². The van der Waals surface area contributed by atoms with Gasteiger partial charge < -0.3 is 15.0 Å². The van der Waals surface area contributed by atoms with Crippen LogP contribution >= 0.6 is 12.4 Å². The molecule has 28 heavy (non-hydrogen) atoms. The van der Waals surface area contributed by atoms with Crippen LogP contribution in [-0.4, -0.2) is 43.6 Å². The molecule has 1 amide bonds. The molecule has 1 atom stereocenters. The van der Waals surface area contributed by atoms with Gasteiger partial charge in [0.05, 0.1) is 5.56 Å². The lowest BCUT2D eigenvalue weighted by molar-refractivity contribution is 0.0787. The number of hydrogen-bond donors (Lipinski definition) is 1. The van der Waals surface area contributed by atoms with Gasteiger partial charge in [-0.15, -0.1) is 12.4 Å². The van der Waals surface area contributed by atoms with E-state index in [0.717, 1.165) is 38.8 Å². The van der Waals surface area contributed by atoms with Crippen molar-refractivity contribution in [3.8, 4) is 5.75 Å². The van der Waals surface area contributed by atoms with Crippen LogP contribution in [0.5, 0.6) is 5.75 Å². The summed E-state index contributed by atoms with van der Waals surface area (Å²) in [4.78, 5) is 14.6. The van der Waals surface area contributed by atoms with E-state index >= 15 is 0 Å². The molecule has 1 aliphatic rings. The minimum absolute atomic E-state index is 0. The zero-order chi connectivity index (χ0) is 18.9. The van der Waals surface area contributed by atoms with Gasteiger partial charge in [0.15, 0.2) is 0 Å². The number of amides is 1. The number of nitrogens with one attached hydrogen (secondary N) is 1. The Hall–Kier alpha value is -2.04. The number of ether oxygens (including phenoxy) is 1. The predicted octanol–water partition coefficient (Wildman–Crippen LogP) is 4.33. The molecule has 0 saturated carbocycles. The Morgan fingerprint density at radius 2 is 1.71 bits per heavy atom. The first kappa shape index (κ1) is 22.3. The van der Waals surface area contributed by atoms with Crippen molar-refractivity contribution in [3.63, 3.8) is 0 Å². The van der Waals surface area contributed by atoms with Crippen molar-refractivity contribution in [1.82, 2.24) is 10.2 Å². The first-order valence-corrected chi connectivity index (χ1v) is 9.98. The molecule has 2 aromatic rings. The van der Waals surface area contributed by atoms with Gasteiger partial charge in [-0.1, -0.05) is 55.3 Å². The Morgan fingerprint density at radius 3 is 2.54 bits per heavy atom. The van der Waals surface area contributed by atoms with E-state index in [9.17, 15) is 4.79 Å². The average Bonchev–Trinajstić information content (AvgIpc) is 2.70. The molecule has 152 valence electrons. The largest absolute Gasteiger partial charge is 0.491 e. The van der Waals surface area contributed by atoms with Crippen LogP contribution in [0, 0.1) is 0 Å². The molecule has 0 fully saturated rings. The first-order chi connectivity index (χ1) is 13.2. The van der Waals surface area contributed by atoms with E-state index in [0.29, 0.717) is 17.9 Å². The molecular weight excluding hydrogens is 372 g/mol. The number of hydrogen-bond acceptors (Lipinski definition) is 3. The fourth-order valence-corrected chi connectivity index (χ4v) is 3.49.